The summed E-state index contributed by atoms with van der Waals surface area (Å²) < 4.78 is 22.5. The second-order valence-corrected chi connectivity index (χ2v) is 16.3. The molecule has 3 aromatic carbocycles. The Balaban J connectivity index is 1.01. The number of alkyl carbamates (subject to hydrolysis) is 1. The molecule has 14 heteroatoms. The third kappa shape index (κ3) is 7.18. The van der Waals surface area contributed by atoms with Crippen molar-refractivity contribution in [2.45, 2.75) is 83.4 Å². The molecule has 3 atom stereocenters. The number of rotatable bonds is 7. The predicted octanol–water partition coefficient (Wildman–Crippen LogP) is 7.24. The molecule has 0 saturated carbocycles. The maximum absolute atomic E-state index is 14.0. The molecule has 3 aliphatic rings. The van der Waals surface area contributed by atoms with Crippen LogP contribution in [-0.2, 0) is 23.7 Å². The number of ether oxygens (including phenoxy) is 4. The van der Waals surface area contributed by atoms with Crippen LogP contribution in [0.2, 0.25) is 0 Å². The number of hydrogen-bond donors (Lipinski definition) is 3. The number of carbonyl (C=O) groups is 3. The number of fused-ring (bicyclic) bond motifs is 3. The minimum absolute atomic E-state index is 0.157. The maximum Gasteiger partial charge on any atom is 0.410 e. The molecule has 3 fully saturated rings. The van der Waals surface area contributed by atoms with Crippen molar-refractivity contribution in [3.8, 4) is 22.4 Å². The van der Waals surface area contributed by atoms with Gasteiger partial charge in [-0.1, -0.05) is 56.3 Å². The molecule has 3 amide bonds. The molecule has 0 bridgehead atoms. The van der Waals surface area contributed by atoms with Crippen LogP contribution < -0.4 is 5.32 Å². The summed E-state index contributed by atoms with van der Waals surface area (Å²) >= 11 is 0. The molecular formula is C42H49N7O7. The van der Waals surface area contributed by atoms with E-state index in [9.17, 15) is 14.4 Å². The van der Waals surface area contributed by atoms with Crippen molar-refractivity contribution in [2.24, 2.45) is 5.92 Å². The molecule has 2 aromatic heterocycles. The smallest absolute Gasteiger partial charge is 0.410 e. The minimum atomic E-state index is -0.925. The van der Waals surface area contributed by atoms with Gasteiger partial charge >= 0.3 is 12.2 Å². The van der Waals surface area contributed by atoms with E-state index in [1.165, 1.54) is 7.11 Å². The van der Waals surface area contributed by atoms with E-state index in [0.717, 1.165) is 62.9 Å². The summed E-state index contributed by atoms with van der Waals surface area (Å²) in [7, 11) is 1.28. The molecule has 3 aliphatic heterocycles. The fourth-order valence-electron chi connectivity index (χ4n) is 8.15. The van der Waals surface area contributed by atoms with Gasteiger partial charge < -0.3 is 39.1 Å². The Kier molecular flexibility index (Phi) is 9.73. The number of aromatic amines is 2. The van der Waals surface area contributed by atoms with Gasteiger partial charge in [-0.15, -0.1) is 0 Å². The summed E-state index contributed by atoms with van der Waals surface area (Å²) in [5, 5.41) is 4.83. The van der Waals surface area contributed by atoms with Crippen LogP contribution in [0.5, 0.6) is 0 Å². The van der Waals surface area contributed by atoms with Gasteiger partial charge in [-0.25, -0.2) is 19.6 Å². The monoisotopic (exact) mass is 763 g/mol. The summed E-state index contributed by atoms with van der Waals surface area (Å²) in [4.78, 5) is 59.2. The Morgan fingerprint density at radius 3 is 2.38 bits per heavy atom. The Bertz CT molecular complexity index is 2270. The molecule has 3 saturated heterocycles. The molecule has 14 nitrogen and oxygen atoms in total. The van der Waals surface area contributed by atoms with Crippen LogP contribution in [0.1, 0.15) is 77.6 Å². The van der Waals surface area contributed by atoms with Crippen molar-refractivity contribution in [1.82, 2.24) is 35.1 Å². The molecule has 5 heterocycles. The van der Waals surface area contributed by atoms with E-state index in [2.05, 4.69) is 63.8 Å². The fraction of sp³-hybridized carbons (Fsp3) is 0.452. The van der Waals surface area contributed by atoms with E-state index < -0.39 is 29.6 Å². The number of hydrogen-bond acceptors (Lipinski definition) is 9. The lowest BCUT2D eigenvalue weighted by molar-refractivity contribution is -0.153. The third-order valence-corrected chi connectivity index (χ3v) is 10.9. The molecule has 1 unspecified atom stereocenters. The van der Waals surface area contributed by atoms with E-state index in [1.807, 2.05) is 40.7 Å². The first-order valence-corrected chi connectivity index (χ1v) is 19.3. The highest BCUT2D eigenvalue weighted by atomic mass is 16.7. The van der Waals surface area contributed by atoms with Crippen molar-refractivity contribution in [3.63, 3.8) is 0 Å². The highest BCUT2D eigenvalue weighted by molar-refractivity contribution is 6.05. The maximum atomic E-state index is 14.0. The first kappa shape index (κ1) is 37.5. The van der Waals surface area contributed by atoms with Crippen LogP contribution in [0.25, 0.3) is 44.2 Å². The molecule has 56 heavy (non-hydrogen) atoms. The molecular weight excluding hydrogens is 715 g/mol. The number of carbonyl (C=O) groups excluding carboxylic acids is 3. The highest BCUT2D eigenvalue weighted by Gasteiger charge is 2.52. The Labute approximate surface area is 325 Å². The van der Waals surface area contributed by atoms with Crippen molar-refractivity contribution >= 4 is 39.9 Å². The standard InChI is InChI=1S/C42H49N7O7/c1-24(2)34(47-39(51)53-6)38(50)49-23-42(54-18-19-55-42)21-33(49)36-43-22-31(45-36)26-11-9-25(10-12-26)27-13-15-29-28(20-27)14-16-30-35(29)46-37(44-30)32-8-7-17-48(32)40(52)56-41(3,4)5/h9-16,20,22,24,32-34H,7-8,17-19,21,23H2,1-6H3,(H,43,45)(H,44,46)(H,47,51)/t32?,33-,34-/m0/s1. The summed E-state index contributed by atoms with van der Waals surface area (Å²) in [6.07, 6.45) is 2.94. The average molecular weight is 764 g/mol. The molecule has 294 valence electrons. The quantitative estimate of drug-likeness (QED) is 0.155. The number of amides is 3. The first-order chi connectivity index (χ1) is 26.8. The van der Waals surface area contributed by atoms with Crippen LogP contribution >= 0.6 is 0 Å². The zero-order valence-electron chi connectivity index (χ0n) is 32.7. The van der Waals surface area contributed by atoms with Gasteiger partial charge in [0.25, 0.3) is 0 Å². The lowest BCUT2D eigenvalue weighted by Crippen LogP contribution is -2.52. The van der Waals surface area contributed by atoms with Crippen LogP contribution in [0.4, 0.5) is 9.59 Å². The second-order valence-electron chi connectivity index (χ2n) is 16.3. The number of nitrogens with zero attached hydrogens (tertiary/aromatic N) is 4. The molecule has 1 spiro atoms. The van der Waals surface area contributed by atoms with Gasteiger partial charge in [-0.3, -0.25) is 9.69 Å². The van der Waals surface area contributed by atoms with Gasteiger partial charge in [0, 0.05) is 18.4 Å². The van der Waals surface area contributed by atoms with E-state index in [0.29, 0.717) is 32.0 Å². The predicted molar refractivity (Wildman–Crippen MR) is 209 cm³/mol. The largest absolute Gasteiger partial charge is 0.453 e. The summed E-state index contributed by atoms with van der Waals surface area (Å²) in [6, 6.07) is 17.4. The highest BCUT2D eigenvalue weighted by Crippen LogP contribution is 2.43. The number of methoxy groups -OCH3 is 1. The third-order valence-electron chi connectivity index (χ3n) is 10.9. The van der Waals surface area contributed by atoms with Gasteiger partial charge in [0.15, 0.2) is 5.79 Å². The van der Waals surface area contributed by atoms with Crippen molar-refractivity contribution in [3.05, 3.63) is 72.4 Å². The molecule has 0 radical (unpaired) electrons. The number of benzene rings is 3. The Hall–Kier alpha value is -5.47. The van der Waals surface area contributed by atoms with E-state index in [-0.39, 0.29) is 30.5 Å². The summed E-state index contributed by atoms with van der Waals surface area (Å²) in [6.45, 7) is 11.2. The van der Waals surface area contributed by atoms with Crippen molar-refractivity contribution < 1.29 is 33.3 Å². The lowest BCUT2D eigenvalue weighted by atomic mass is 9.99. The molecule has 3 N–H and O–H groups in total. The van der Waals surface area contributed by atoms with E-state index in [4.69, 9.17) is 28.9 Å². The Morgan fingerprint density at radius 2 is 1.66 bits per heavy atom. The number of H-pyrrole nitrogens is 2. The zero-order chi connectivity index (χ0) is 39.4. The van der Waals surface area contributed by atoms with Gasteiger partial charge in [-0.05, 0) is 73.7 Å². The number of nitrogens with one attached hydrogen (secondary N) is 3. The van der Waals surface area contributed by atoms with E-state index >= 15 is 0 Å². The van der Waals surface area contributed by atoms with Gasteiger partial charge in [0.2, 0.25) is 5.91 Å². The van der Waals surface area contributed by atoms with Gasteiger partial charge in [0.1, 0.15) is 23.3 Å². The van der Waals surface area contributed by atoms with E-state index in [1.54, 1.807) is 16.0 Å². The Morgan fingerprint density at radius 1 is 0.929 bits per heavy atom. The zero-order valence-corrected chi connectivity index (χ0v) is 32.7. The van der Waals surface area contributed by atoms with Gasteiger partial charge in [0.05, 0.1) is 61.9 Å². The normalized spacial score (nSPS) is 20.1. The van der Waals surface area contributed by atoms with Crippen molar-refractivity contribution in [2.75, 3.05) is 33.4 Å². The molecule has 5 aromatic rings. The fourth-order valence-corrected chi connectivity index (χ4v) is 8.15. The SMILES string of the molecule is COC(=O)N[C@H](C(=O)N1CC2(C[C@H]1c1ncc(-c3ccc(-c4ccc5c(ccc6nc(C7CCCN7C(=O)OC(C)(C)C)[nH]c65)c4)cc3)[nH]1)OCCO2)C(C)C. The lowest BCUT2D eigenvalue weighted by Gasteiger charge is -2.30. The van der Waals surface area contributed by atoms with Gasteiger partial charge in [-0.2, -0.15) is 0 Å². The molecule has 0 aliphatic carbocycles. The van der Waals surface area contributed by atoms with Crippen LogP contribution in [0, 0.1) is 5.92 Å². The van der Waals surface area contributed by atoms with Crippen molar-refractivity contribution in [1.29, 1.82) is 0 Å². The van der Waals surface area contributed by atoms with Crippen LogP contribution in [0.3, 0.4) is 0 Å². The first-order valence-electron chi connectivity index (χ1n) is 19.3. The average Bonchev–Trinajstić information content (AvgIpc) is 4.03. The van der Waals surface area contributed by atoms with Crippen LogP contribution in [-0.4, -0.2) is 98.7 Å². The summed E-state index contributed by atoms with van der Waals surface area (Å²) in [5.74, 6) is 0.0296. The number of likely N-dealkylation sites (tertiary alicyclic amines) is 2. The number of aromatic nitrogens is 4. The summed E-state index contributed by atoms with van der Waals surface area (Å²) in [5.41, 5.74) is 5.13. The number of imidazole rings is 2. The molecule has 8 rings (SSSR count). The minimum Gasteiger partial charge on any atom is -0.453 e. The van der Waals surface area contributed by atoms with Crippen LogP contribution in [0.15, 0.2) is 60.8 Å². The second kappa shape index (κ2) is 14.6. The topological polar surface area (TPSA) is 164 Å².